The van der Waals surface area contributed by atoms with E-state index in [-0.39, 0.29) is 0 Å². The predicted molar refractivity (Wildman–Crippen MR) is 97.2 cm³/mol. The number of benzene rings is 1. The third-order valence-electron chi connectivity index (χ3n) is 5.01. The number of imidazole rings is 1. The highest BCUT2D eigenvalue weighted by atomic mass is 79.9. The van der Waals surface area contributed by atoms with Gasteiger partial charge in [-0.2, -0.15) is 0 Å². The molecule has 2 aliphatic rings. The Bertz CT molecular complexity index is 683. The molecule has 5 heteroatoms. The van der Waals surface area contributed by atoms with E-state index in [0.717, 1.165) is 29.4 Å². The van der Waals surface area contributed by atoms with E-state index in [9.17, 15) is 0 Å². The Kier molecular flexibility index (Phi) is 3.73. The topological polar surface area (TPSA) is 24.3 Å². The molecule has 0 saturated carbocycles. The fourth-order valence-electron chi connectivity index (χ4n) is 3.86. The van der Waals surface area contributed by atoms with Crippen LogP contribution in [0.2, 0.25) is 0 Å². The van der Waals surface area contributed by atoms with E-state index in [1.807, 2.05) is 17.1 Å². The average Bonchev–Trinajstić information content (AvgIpc) is 3.14. The summed E-state index contributed by atoms with van der Waals surface area (Å²) in [6.07, 6.45) is 5.09. The number of hydrogen-bond donors (Lipinski definition) is 0. The largest absolute Gasteiger partial charge is 0.370 e. The summed E-state index contributed by atoms with van der Waals surface area (Å²) in [5, 5.41) is 0. The van der Waals surface area contributed by atoms with Crippen LogP contribution in [0.15, 0.2) is 41.4 Å². The molecule has 2 fully saturated rings. The minimum atomic E-state index is 0.522. The molecule has 1 aromatic heterocycles. The molecule has 0 N–H and O–H groups in total. The van der Waals surface area contributed by atoms with Crippen LogP contribution in [0.25, 0.3) is 5.69 Å². The summed E-state index contributed by atoms with van der Waals surface area (Å²) in [5.74, 6) is 0. The lowest BCUT2D eigenvalue weighted by atomic mass is 9.83. The summed E-state index contributed by atoms with van der Waals surface area (Å²) in [6, 6.07) is 9.52. The Morgan fingerprint density at radius 1 is 1.13 bits per heavy atom. The van der Waals surface area contributed by atoms with Gasteiger partial charge in [0.2, 0.25) is 0 Å². The van der Waals surface area contributed by atoms with Crippen LogP contribution in [0.1, 0.15) is 20.3 Å². The van der Waals surface area contributed by atoms with Gasteiger partial charge in [-0.1, -0.05) is 13.8 Å². The van der Waals surface area contributed by atoms with Gasteiger partial charge >= 0.3 is 0 Å². The van der Waals surface area contributed by atoms with Gasteiger partial charge in [-0.25, -0.2) is 4.98 Å². The minimum absolute atomic E-state index is 0.522. The summed E-state index contributed by atoms with van der Waals surface area (Å²) in [5.41, 5.74) is 3.00. The van der Waals surface area contributed by atoms with Crippen LogP contribution in [0.4, 0.5) is 5.69 Å². The highest BCUT2D eigenvalue weighted by Gasteiger charge is 2.40. The number of likely N-dealkylation sites (tertiary alicyclic amines) is 1. The molecule has 4 nitrogen and oxygen atoms in total. The maximum absolute atomic E-state index is 4.21. The van der Waals surface area contributed by atoms with Gasteiger partial charge in [0.25, 0.3) is 0 Å². The van der Waals surface area contributed by atoms with Crippen molar-refractivity contribution in [3.63, 3.8) is 0 Å². The summed E-state index contributed by atoms with van der Waals surface area (Å²) in [4.78, 5) is 9.38. The predicted octanol–water partition coefficient (Wildman–Crippen LogP) is 3.56. The molecule has 1 unspecified atom stereocenters. The van der Waals surface area contributed by atoms with E-state index >= 15 is 0 Å². The van der Waals surface area contributed by atoms with Gasteiger partial charge in [0.05, 0.1) is 0 Å². The smallest absolute Gasteiger partial charge is 0.124 e. The van der Waals surface area contributed by atoms with Gasteiger partial charge in [-0.3, -0.25) is 4.90 Å². The summed E-state index contributed by atoms with van der Waals surface area (Å²) in [6.45, 7) is 9.55. The monoisotopic (exact) mass is 374 g/mol. The molecule has 4 rings (SSSR count). The summed E-state index contributed by atoms with van der Waals surface area (Å²) >= 11 is 3.39. The fourth-order valence-corrected chi connectivity index (χ4v) is 4.17. The second-order valence-corrected chi connectivity index (χ2v) is 8.39. The molecule has 0 bridgehead atoms. The van der Waals surface area contributed by atoms with Gasteiger partial charge in [-0.05, 0) is 52.0 Å². The third kappa shape index (κ3) is 3.04. The van der Waals surface area contributed by atoms with Crippen LogP contribution in [0.3, 0.4) is 0 Å². The molecule has 2 aromatic rings. The molecule has 1 aromatic carbocycles. The Labute approximate surface area is 146 Å². The second kappa shape index (κ2) is 5.64. The van der Waals surface area contributed by atoms with E-state index < -0.39 is 0 Å². The van der Waals surface area contributed by atoms with Crippen molar-refractivity contribution >= 4 is 21.6 Å². The lowest BCUT2D eigenvalue weighted by Gasteiger charge is -2.49. The normalized spacial score (nSPS) is 24.0. The van der Waals surface area contributed by atoms with Crippen molar-refractivity contribution in [2.75, 3.05) is 31.1 Å². The number of hydrogen-bond acceptors (Lipinski definition) is 3. The number of aromatic nitrogens is 2. The quantitative estimate of drug-likeness (QED) is 0.820. The third-order valence-corrected chi connectivity index (χ3v) is 5.42. The lowest BCUT2D eigenvalue weighted by Crippen LogP contribution is -2.57. The zero-order valence-corrected chi connectivity index (χ0v) is 15.3. The SMILES string of the molecule is CC1(C)CN(C2CCN(c3ccc(-n4cnc(Br)c4)cc3)C2)C1. The summed E-state index contributed by atoms with van der Waals surface area (Å²) in [7, 11) is 0. The first-order valence-electron chi connectivity index (χ1n) is 8.29. The van der Waals surface area contributed by atoms with Crippen molar-refractivity contribution in [2.45, 2.75) is 26.3 Å². The van der Waals surface area contributed by atoms with E-state index in [0.29, 0.717) is 5.41 Å². The molecule has 0 radical (unpaired) electrons. The molecule has 0 spiro atoms. The molecule has 122 valence electrons. The number of rotatable bonds is 3. The zero-order chi connectivity index (χ0) is 16.0. The van der Waals surface area contributed by atoms with E-state index in [4.69, 9.17) is 0 Å². The fraction of sp³-hybridized carbons (Fsp3) is 0.500. The molecule has 2 aliphatic heterocycles. The van der Waals surface area contributed by atoms with Crippen molar-refractivity contribution < 1.29 is 0 Å². The number of halogens is 1. The first kappa shape index (κ1) is 15.2. The molecule has 0 amide bonds. The minimum Gasteiger partial charge on any atom is -0.370 e. The molecule has 1 atom stereocenters. The van der Waals surface area contributed by atoms with Gasteiger partial charge in [0, 0.05) is 49.8 Å². The highest BCUT2D eigenvalue weighted by molar-refractivity contribution is 9.10. The van der Waals surface area contributed by atoms with Crippen molar-refractivity contribution in [1.82, 2.24) is 14.5 Å². The maximum atomic E-state index is 4.21. The van der Waals surface area contributed by atoms with Crippen LogP contribution in [0, 0.1) is 5.41 Å². The van der Waals surface area contributed by atoms with Crippen molar-refractivity contribution in [3.8, 4) is 5.69 Å². The molecule has 2 saturated heterocycles. The molecule has 0 aliphatic carbocycles. The van der Waals surface area contributed by atoms with Crippen LogP contribution in [-0.2, 0) is 0 Å². The van der Waals surface area contributed by atoms with Crippen LogP contribution in [0.5, 0.6) is 0 Å². The average molecular weight is 375 g/mol. The maximum Gasteiger partial charge on any atom is 0.124 e. The van der Waals surface area contributed by atoms with E-state index in [2.05, 4.69) is 68.8 Å². The van der Waals surface area contributed by atoms with Crippen LogP contribution >= 0.6 is 15.9 Å². The van der Waals surface area contributed by atoms with E-state index in [1.54, 1.807) is 0 Å². The van der Waals surface area contributed by atoms with Crippen LogP contribution in [-0.4, -0.2) is 46.7 Å². The second-order valence-electron chi connectivity index (χ2n) is 7.58. The highest BCUT2D eigenvalue weighted by Crippen LogP contribution is 2.34. The lowest BCUT2D eigenvalue weighted by molar-refractivity contribution is 0.00101. The Morgan fingerprint density at radius 3 is 2.43 bits per heavy atom. The van der Waals surface area contributed by atoms with E-state index in [1.165, 1.54) is 25.2 Å². The first-order valence-corrected chi connectivity index (χ1v) is 9.08. The number of anilines is 1. The van der Waals surface area contributed by atoms with Gasteiger partial charge < -0.3 is 9.47 Å². The molecular weight excluding hydrogens is 352 g/mol. The van der Waals surface area contributed by atoms with Gasteiger partial charge in [0.15, 0.2) is 0 Å². The van der Waals surface area contributed by atoms with Gasteiger partial charge in [0.1, 0.15) is 10.9 Å². The number of nitrogens with zero attached hydrogens (tertiary/aromatic N) is 4. The van der Waals surface area contributed by atoms with Crippen molar-refractivity contribution in [3.05, 3.63) is 41.4 Å². The van der Waals surface area contributed by atoms with Crippen molar-refractivity contribution in [2.24, 2.45) is 5.41 Å². The first-order chi connectivity index (χ1) is 11.0. The Hall–Kier alpha value is -1.33. The van der Waals surface area contributed by atoms with Crippen LogP contribution < -0.4 is 4.90 Å². The molecule has 23 heavy (non-hydrogen) atoms. The summed E-state index contributed by atoms with van der Waals surface area (Å²) < 4.78 is 2.89. The molecule has 3 heterocycles. The van der Waals surface area contributed by atoms with Crippen molar-refractivity contribution in [1.29, 1.82) is 0 Å². The Balaban J connectivity index is 1.41. The Morgan fingerprint density at radius 2 is 1.83 bits per heavy atom. The standard InChI is InChI=1S/C18H23BrN4/c1-18(2)11-23(12-18)16-7-8-21(9-16)14-3-5-15(6-4-14)22-10-17(19)20-13-22/h3-6,10,13,16H,7-9,11-12H2,1-2H3. The zero-order valence-electron chi connectivity index (χ0n) is 13.7. The van der Waals surface area contributed by atoms with Gasteiger partial charge in [-0.15, -0.1) is 0 Å². The molecular formula is C18H23BrN4.